The summed E-state index contributed by atoms with van der Waals surface area (Å²) in [5.74, 6) is 0.841. The monoisotopic (exact) mass is 339 g/mol. The quantitative estimate of drug-likeness (QED) is 0.688. The second-order valence-corrected chi connectivity index (χ2v) is 7.47. The summed E-state index contributed by atoms with van der Waals surface area (Å²) in [6.07, 6.45) is 6.10. The molecule has 0 aromatic rings. The van der Waals surface area contributed by atoms with E-state index in [0.717, 1.165) is 52.2 Å². The molecule has 1 saturated carbocycles. The van der Waals surface area contributed by atoms with E-state index in [-0.39, 0.29) is 5.91 Å². The van der Waals surface area contributed by atoms with Crippen LogP contribution in [0.3, 0.4) is 0 Å². The van der Waals surface area contributed by atoms with E-state index in [1.54, 1.807) is 0 Å². The minimum absolute atomic E-state index is 0.214. The van der Waals surface area contributed by atoms with Crippen molar-refractivity contribution < 1.29 is 9.53 Å². The van der Waals surface area contributed by atoms with Crippen LogP contribution < -0.4 is 5.32 Å². The molecule has 1 heterocycles. The molecule has 1 aliphatic carbocycles. The van der Waals surface area contributed by atoms with Gasteiger partial charge < -0.3 is 10.1 Å². The Balaban J connectivity index is 1.74. The van der Waals surface area contributed by atoms with Crippen LogP contribution in [-0.2, 0) is 9.53 Å². The average Bonchev–Trinajstić information content (AvgIpc) is 2.58. The van der Waals surface area contributed by atoms with Gasteiger partial charge in [-0.15, -0.1) is 0 Å². The number of piperazine rings is 1. The number of amides is 1. The Bertz CT molecular complexity index is 378. The highest BCUT2D eigenvalue weighted by molar-refractivity contribution is 5.78. The summed E-state index contributed by atoms with van der Waals surface area (Å²) in [6, 6.07) is 0.932. The van der Waals surface area contributed by atoms with E-state index in [1.165, 1.54) is 19.3 Å². The third-order valence-corrected chi connectivity index (χ3v) is 5.71. The van der Waals surface area contributed by atoms with Crippen molar-refractivity contribution in [2.75, 3.05) is 45.9 Å². The van der Waals surface area contributed by atoms with E-state index >= 15 is 0 Å². The van der Waals surface area contributed by atoms with Crippen LogP contribution in [0.4, 0.5) is 0 Å². The highest BCUT2D eigenvalue weighted by atomic mass is 16.5. The summed E-state index contributed by atoms with van der Waals surface area (Å²) in [7, 11) is 0. The van der Waals surface area contributed by atoms with E-state index < -0.39 is 0 Å². The summed E-state index contributed by atoms with van der Waals surface area (Å²) in [4.78, 5) is 17.3. The van der Waals surface area contributed by atoms with Gasteiger partial charge in [-0.2, -0.15) is 0 Å². The van der Waals surface area contributed by atoms with Crippen LogP contribution in [-0.4, -0.2) is 73.7 Å². The zero-order chi connectivity index (χ0) is 17.4. The Morgan fingerprint density at radius 2 is 2.00 bits per heavy atom. The second-order valence-electron chi connectivity index (χ2n) is 7.47. The van der Waals surface area contributed by atoms with Gasteiger partial charge in [-0.1, -0.05) is 26.7 Å². The highest BCUT2D eigenvalue weighted by Gasteiger charge is 2.28. The lowest BCUT2D eigenvalue weighted by atomic mass is 9.86. The molecule has 1 aliphatic heterocycles. The Morgan fingerprint density at radius 1 is 1.21 bits per heavy atom. The summed E-state index contributed by atoms with van der Waals surface area (Å²) < 4.78 is 5.50. The van der Waals surface area contributed by atoms with Crippen LogP contribution in [0, 0.1) is 5.92 Å². The maximum absolute atomic E-state index is 12.4. The predicted octanol–water partition coefficient (Wildman–Crippen LogP) is 2.11. The van der Waals surface area contributed by atoms with Crippen molar-refractivity contribution in [3.63, 3.8) is 0 Å². The van der Waals surface area contributed by atoms with Crippen LogP contribution in [0.2, 0.25) is 0 Å². The summed E-state index contributed by atoms with van der Waals surface area (Å²) in [5.41, 5.74) is 0. The molecule has 1 amide bonds. The van der Waals surface area contributed by atoms with Crippen LogP contribution >= 0.6 is 0 Å². The lowest BCUT2D eigenvalue weighted by Crippen LogP contribution is -2.56. The van der Waals surface area contributed by atoms with Gasteiger partial charge in [-0.05, 0) is 32.1 Å². The second kappa shape index (κ2) is 10.4. The first-order valence-corrected chi connectivity index (χ1v) is 9.97. The molecule has 2 rings (SSSR count). The van der Waals surface area contributed by atoms with Gasteiger partial charge in [0.05, 0.1) is 13.2 Å². The first kappa shape index (κ1) is 19.7. The van der Waals surface area contributed by atoms with Crippen molar-refractivity contribution in [3.05, 3.63) is 0 Å². The van der Waals surface area contributed by atoms with Gasteiger partial charge in [0.25, 0.3) is 0 Å². The highest BCUT2D eigenvalue weighted by Crippen LogP contribution is 2.23. The van der Waals surface area contributed by atoms with Crippen molar-refractivity contribution in [1.82, 2.24) is 15.1 Å². The van der Waals surface area contributed by atoms with Crippen LogP contribution in [0.25, 0.3) is 0 Å². The topological polar surface area (TPSA) is 44.8 Å². The third kappa shape index (κ3) is 6.01. The molecule has 140 valence electrons. The van der Waals surface area contributed by atoms with Gasteiger partial charge in [0.1, 0.15) is 0 Å². The summed E-state index contributed by atoms with van der Waals surface area (Å²) >= 11 is 0. The molecule has 2 aliphatic rings. The first-order chi connectivity index (χ1) is 11.6. The van der Waals surface area contributed by atoms with Gasteiger partial charge in [0, 0.05) is 44.9 Å². The molecule has 2 fully saturated rings. The Kier molecular flexibility index (Phi) is 8.50. The normalized spacial score (nSPS) is 29.5. The number of nitrogens with one attached hydrogen (secondary N) is 1. The minimum Gasteiger partial charge on any atom is -0.380 e. The minimum atomic E-state index is 0.214. The smallest absolute Gasteiger partial charge is 0.234 e. The van der Waals surface area contributed by atoms with E-state index in [4.69, 9.17) is 4.74 Å². The number of ether oxygens (including phenoxy) is 1. The van der Waals surface area contributed by atoms with Crippen molar-refractivity contribution in [1.29, 1.82) is 0 Å². The number of carbonyl (C=O) groups excluding carboxylic acids is 1. The van der Waals surface area contributed by atoms with E-state index in [1.807, 2.05) is 6.92 Å². The molecular weight excluding hydrogens is 302 g/mol. The molecule has 24 heavy (non-hydrogen) atoms. The number of hydrogen-bond donors (Lipinski definition) is 1. The summed E-state index contributed by atoms with van der Waals surface area (Å²) in [6.45, 7) is 12.7. The molecule has 5 heteroatoms. The number of nitrogens with zero attached hydrogens (tertiary/aromatic N) is 2. The number of rotatable bonds is 8. The average molecular weight is 340 g/mol. The molecule has 0 bridgehead atoms. The largest absolute Gasteiger partial charge is 0.380 e. The van der Waals surface area contributed by atoms with Crippen LogP contribution in [0.15, 0.2) is 0 Å². The van der Waals surface area contributed by atoms with E-state index in [0.29, 0.717) is 24.5 Å². The molecule has 0 spiro atoms. The Morgan fingerprint density at radius 3 is 2.71 bits per heavy atom. The lowest BCUT2D eigenvalue weighted by Gasteiger charge is -2.41. The van der Waals surface area contributed by atoms with Gasteiger partial charge in [0.15, 0.2) is 0 Å². The maximum atomic E-state index is 12.4. The molecule has 1 saturated heterocycles. The summed E-state index contributed by atoms with van der Waals surface area (Å²) in [5, 5.41) is 3.29. The molecule has 0 aromatic heterocycles. The number of carbonyl (C=O) groups is 1. The van der Waals surface area contributed by atoms with Gasteiger partial charge >= 0.3 is 0 Å². The molecule has 0 aromatic carbocycles. The molecule has 0 unspecified atom stereocenters. The standard InChI is InChI=1S/C19H37N3O2/c1-4-17-14-21(10-11-22(17)12-13-24-5-2)15-19(23)20-18-9-7-6-8-16(18)3/h16-18H,4-15H2,1-3H3,(H,20,23)/t16-,17-,18+/m0/s1. The first-order valence-electron chi connectivity index (χ1n) is 9.97. The lowest BCUT2D eigenvalue weighted by molar-refractivity contribution is -0.124. The zero-order valence-corrected chi connectivity index (χ0v) is 15.9. The maximum Gasteiger partial charge on any atom is 0.234 e. The van der Waals surface area contributed by atoms with E-state index in [2.05, 4.69) is 29.0 Å². The van der Waals surface area contributed by atoms with Gasteiger partial charge in [0.2, 0.25) is 5.91 Å². The van der Waals surface area contributed by atoms with Crippen molar-refractivity contribution in [2.24, 2.45) is 5.92 Å². The molecule has 0 radical (unpaired) electrons. The Labute approximate surface area is 148 Å². The third-order valence-electron chi connectivity index (χ3n) is 5.71. The Hall–Kier alpha value is -0.650. The van der Waals surface area contributed by atoms with Gasteiger partial charge in [-0.25, -0.2) is 0 Å². The fourth-order valence-electron chi connectivity index (χ4n) is 4.09. The van der Waals surface area contributed by atoms with Crippen molar-refractivity contribution in [3.8, 4) is 0 Å². The molecular formula is C19H37N3O2. The van der Waals surface area contributed by atoms with Crippen LogP contribution in [0.1, 0.15) is 52.9 Å². The zero-order valence-electron chi connectivity index (χ0n) is 15.9. The van der Waals surface area contributed by atoms with Crippen molar-refractivity contribution >= 4 is 5.91 Å². The van der Waals surface area contributed by atoms with Crippen LogP contribution in [0.5, 0.6) is 0 Å². The fraction of sp³-hybridized carbons (Fsp3) is 0.947. The molecule has 3 atom stereocenters. The number of hydrogen-bond acceptors (Lipinski definition) is 4. The molecule has 1 N–H and O–H groups in total. The van der Waals surface area contributed by atoms with Gasteiger partial charge in [-0.3, -0.25) is 14.6 Å². The van der Waals surface area contributed by atoms with E-state index in [9.17, 15) is 4.79 Å². The molecule has 5 nitrogen and oxygen atoms in total. The SMILES string of the molecule is CCOCCN1CCN(CC(=O)N[C@@H]2CCCC[C@@H]2C)C[C@@H]1CC. The predicted molar refractivity (Wildman–Crippen MR) is 98.1 cm³/mol. The fourth-order valence-corrected chi connectivity index (χ4v) is 4.09. The van der Waals surface area contributed by atoms with Crippen molar-refractivity contribution in [2.45, 2.75) is 65.0 Å².